The molecule has 98 valence electrons. The van der Waals surface area contributed by atoms with E-state index in [1.165, 1.54) is 11.1 Å². The fourth-order valence-corrected chi connectivity index (χ4v) is 1.43. The Morgan fingerprint density at radius 1 is 1.18 bits per heavy atom. The number of para-hydroxylation sites is 1. The molecular formula is C10H18N2O4S. The van der Waals surface area contributed by atoms with Gasteiger partial charge in [0, 0.05) is 0 Å². The molecule has 0 aliphatic heterocycles. The van der Waals surface area contributed by atoms with Gasteiger partial charge in [-0.1, -0.05) is 32.0 Å². The van der Waals surface area contributed by atoms with E-state index in [-0.39, 0.29) is 0 Å². The van der Waals surface area contributed by atoms with Gasteiger partial charge in [-0.05, 0) is 24.0 Å². The van der Waals surface area contributed by atoms with Crippen molar-refractivity contribution in [3.05, 3.63) is 29.3 Å². The molecule has 0 radical (unpaired) electrons. The van der Waals surface area contributed by atoms with Gasteiger partial charge in [-0.25, -0.2) is 0 Å². The molecule has 7 heteroatoms. The molecular weight excluding hydrogens is 244 g/mol. The highest BCUT2D eigenvalue weighted by atomic mass is 32.3. The summed E-state index contributed by atoms with van der Waals surface area (Å²) >= 11 is 0. The Kier molecular flexibility index (Phi) is 6.74. The third-order valence-electron chi connectivity index (χ3n) is 2.14. The van der Waals surface area contributed by atoms with Crippen molar-refractivity contribution in [2.24, 2.45) is 5.84 Å². The summed E-state index contributed by atoms with van der Waals surface area (Å²) in [5.74, 6) is 5.45. The molecule has 6 nitrogen and oxygen atoms in total. The zero-order valence-corrected chi connectivity index (χ0v) is 10.7. The van der Waals surface area contributed by atoms with E-state index < -0.39 is 10.4 Å². The molecule has 0 fully saturated rings. The summed E-state index contributed by atoms with van der Waals surface area (Å²) in [7, 11) is -4.67. The van der Waals surface area contributed by atoms with Crippen LogP contribution in [0.2, 0.25) is 0 Å². The smallest absolute Gasteiger partial charge is 0.324 e. The van der Waals surface area contributed by atoms with Gasteiger partial charge in [-0.15, -0.1) is 0 Å². The standard InChI is InChI=1S/C10H16N2.H2O4S/c1-3-8-6-5-7-9(4-2)10(8)12-11;1-5(2,3)4/h5-7,12H,3-4,11H2,1-2H3;(H2,1,2,3,4). The van der Waals surface area contributed by atoms with Gasteiger partial charge in [0.2, 0.25) is 0 Å². The summed E-state index contributed by atoms with van der Waals surface area (Å²) in [6.45, 7) is 4.27. The average Bonchev–Trinajstić information content (AvgIpc) is 2.25. The second kappa shape index (κ2) is 7.23. The highest BCUT2D eigenvalue weighted by molar-refractivity contribution is 7.79. The van der Waals surface area contributed by atoms with Crippen molar-refractivity contribution < 1.29 is 17.5 Å². The number of nitrogen functional groups attached to an aromatic ring is 1. The number of anilines is 1. The topological polar surface area (TPSA) is 113 Å². The van der Waals surface area contributed by atoms with Gasteiger partial charge in [0.15, 0.2) is 0 Å². The first kappa shape index (κ1) is 15.9. The molecule has 0 spiro atoms. The van der Waals surface area contributed by atoms with Crippen LogP contribution < -0.4 is 11.3 Å². The molecule has 0 aromatic heterocycles. The quantitative estimate of drug-likeness (QED) is 0.372. The van der Waals surface area contributed by atoms with Gasteiger partial charge in [-0.2, -0.15) is 8.42 Å². The van der Waals surface area contributed by atoms with Gasteiger partial charge in [-0.3, -0.25) is 14.9 Å². The molecule has 0 heterocycles. The maximum atomic E-state index is 8.74. The highest BCUT2D eigenvalue weighted by Crippen LogP contribution is 2.20. The Morgan fingerprint density at radius 2 is 1.53 bits per heavy atom. The third kappa shape index (κ3) is 6.90. The minimum atomic E-state index is -4.67. The van der Waals surface area contributed by atoms with Crippen LogP contribution in [0.15, 0.2) is 18.2 Å². The van der Waals surface area contributed by atoms with E-state index >= 15 is 0 Å². The van der Waals surface area contributed by atoms with E-state index in [2.05, 4.69) is 37.5 Å². The van der Waals surface area contributed by atoms with Gasteiger partial charge in [0.05, 0.1) is 5.69 Å². The predicted octanol–water partition coefficient (Wildman–Crippen LogP) is 1.44. The lowest BCUT2D eigenvalue weighted by Crippen LogP contribution is -2.11. The lowest BCUT2D eigenvalue weighted by atomic mass is 10.0. The van der Waals surface area contributed by atoms with E-state index in [0.29, 0.717) is 0 Å². The first-order valence-corrected chi connectivity index (χ1v) is 6.50. The van der Waals surface area contributed by atoms with Crippen LogP contribution in [0.4, 0.5) is 5.69 Å². The molecule has 1 aromatic rings. The minimum absolute atomic E-state index is 1.02. The van der Waals surface area contributed by atoms with Gasteiger partial charge in [0.1, 0.15) is 0 Å². The Bertz CT molecular complexity index is 415. The average molecular weight is 262 g/mol. The van der Waals surface area contributed by atoms with Crippen LogP contribution in [0.25, 0.3) is 0 Å². The van der Waals surface area contributed by atoms with Gasteiger partial charge >= 0.3 is 10.4 Å². The van der Waals surface area contributed by atoms with Crippen molar-refractivity contribution in [1.82, 2.24) is 0 Å². The number of aryl methyl sites for hydroxylation is 2. The summed E-state index contributed by atoms with van der Waals surface area (Å²) in [6, 6.07) is 6.29. The van der Waals surface area contributed by atoms with Crippen LogP contribution >= 0.6 is 0 Å². The molecule has 5 N–H and O–H groups in total. The first-order chi connectivity index (χ1) is 7.83. The number of rotatable bonds is 3. The number of hydrazine groups is 1. The second-order valence-electron chi connectivity index (χ2n) is 3.25. The molecule has 0 bridgehead atoms. The van der Waals surface area contributed by atoms with E-state index in [4.69, 9.17) is 23.4 Å². The van der Waals surface area contributed by atoms with E-state index in [1.807, 2.05) is 0 Å². The van der Waals surface area contributed by atoms with E-state index in [0.717, 1.165) is 18.5 Å². The lowest BCUT2D eigenvalue weighted by molar-refractivity contribution is 0.381. The van der Waals surface area contributed by atoms with Crippen molar-refractivity contribution in [2.75, 3.05) is 5.43 Å². The molecule has 0 aliphatic carbocycles. The van der Waals surface area contributed by atoms with Crippen LogP contribution in [0.3, 0.4) is 0 Å². The molecule has 17 heavy (non-hydrogen) atoms. The molecule has 0 amide bonds. The highest BCUT2D eigenvalue weighted by Gasteiger charge is 2.02. The van der Waals surface area contributed by atoms with Crippen LogP contribution in [-0.2, 0) is 23.2 Å². The van der Waals surface area contributed by atoms with Gasteiger partial charge < -0.3 is 5.43 Å². The summed E-state index contributed by atoms with van der Waals surface area (Å²) in [6.07, 6.45) is 2.04. The van der Waals surface area contributed by atoms with Crippen molar-refractivity contribution in [2.45, 2.75) is 26.7 Å². The van der Waals surface area contributed by atoms with Crippen LogP contribution in [0.5, 0.6) is 0 Å². The number of nitrogens with one attached hydrogen (secondary N) is 1. The lowest BCUT2D eigenvalue weighted by Gasteiger charge is -2.11. The minimum Gasteiger partial charge on any atom is -0.324 e. The normalized spacial score (nSPS) is 10.4. The van der Waals surface area contributed by atoms with Crippen LogP contribution in [0, 0.1) is 0 Å². The maximum Gasteiger partial charge on any atom is 0.394 e. The number of benzene rings is 1. The second-order valence-corrected chi connectivity index (χ2v) is 4.15. The zero-order valence-electron chi connectivity index (χ0n) is 9.84. The summed E-state index contributed by atoms with van der Waals surface area (Å²) in [4.78, 5) is 0. The molecule has 0 saturated heterocycles. The van der Waals surface area contributed by atoms with E-state index in [9.17, 15) is 0 Å². The number of hydrogen-bond acceptors (Lipinski definition) is 4. The molecule has 1 rings (SSSR count). The number of nitrogens with two attached hydrogens (primary N) is 1. The monoisotopic (exact) mass is 262 g/mol. The third-order valence-corrected chi connectivity index (χ3v) is 2.14. The number of hydrogen-bond donors (Lipinski definition) is 4. The Balaban J connectivity index is 0.000000437. The Hall–Kier alpha value is -1.15. The Labute approximate surface area is 101 Å². The molecule has 0 atom stereocenters. The molecule has 1 aromatic carbocycles. The summed E-state index contributed by atoms with van der Waals surface area (Å²) in [5, 5.41) is 0. The fraction of sp³-hybridized carbons (Fsp3) is 0.400. The maximum absolute atomic E-state index is 8.74. The summed E-state index contributed by atoms with van der Waals surface area (Å²) < 4.78 is 31.6. The molecule has 0 aliphatic rings. The molecule has 0 unspecified atom stereocenters. The van der Waals surface area contributed by atoms with Gasteiger partial charge in [0.25, 0.3) is 0 Å². The Morgan fingerprint density at radius 3 is 1.76 bits per heavy atom. The fourth-order valence-electron chi connectivity index (χ4n) is 1.43. The van der Waals surface area contributed by atoms with Crippen molar-refractivity contribution in [3.63, 3.8) is 0 Å². The van der Waals surface area contributed by atoms with Crippen LogP contribution in [0.1, 0.15) is 25.0 Å². The summed E-state index contributed by atoms with van der Waals surface area (Å²) in [5.41, 5.74) is 6.44. The first-order valence-electron chi connectivity index (χ1n) is 5.10. The molecule has 0 saturated carbocycles. The largest absolute Gasteiger partial charge is 0.394 e. The van der Waals surface area contributed by atoms with Crippen molar-refractivity contribution in [1.29, 1.82) is 0 Å². The van der Waals surface area contributed by atoms with Crippen LogP contribution in [-0.4, -0.2) is 17.5 Å². The SMILES string of the molecule is CCc1cccc(CC)c1NN.O=S(=O)(O)O. The zero-order chi connectivity index (χ0) is 13.5. The van der Waals surface area contributed by atoms with E-state index in [1.54, 1.807) is 0 Å². The van der Waals surface area contributed by atoms with Crippen molar-refractivity contribution in [3.8, 4) is 0 Å². The van der Waals surface area contributed by atoms with Crippen molar-refractivity contribution >= 4 is 16.1 Å². The predicted molar refractivity (Wildman–Crippen MR) is 67.2 cm³/mol.